The molecule has 35 heavy (non-hydrogen) atoms. The van der Waals surface area contributed by atoms with Crippen LogP contribution >= 0.6 is 45.9 Å². The molecule has 6 nitrogen and oxygen atoms in total. The Kier molecular flexibility index (Phi) is 8.59. The average molecular weight is 550 g/mol. The van der Waals surface area contributed by atoms with Gasteiger partial charge in [-0.05, 0) is 62.1 Å². The first-order valence-electron chi connectivity index (χ1n) is 11.5. The lowest BCUT2D eigenvalue weighted by atomic mass is 10.1. The largest absolute Gasteiger partial charge is 0.302 e. The number of nitrogens with one attached hydrogen (secondary N) is 2. The minimum absolute atomic E-state index is 0.0282. The number of rotatable bonds is 10. The van der Waals surface area contributed by atoms with E-state index in [-0.39, 0.29) is 11.8 Å². The van der Waals surface area contributed by atoms with Crippen molar-refractivity contribution in [2.24, 2.45) is 0 Å². The van der Waals surface area contributed by atoms with E-state index in [0.29, 0.717) is 33.2 Å². The summed E-state index contributed by atoms with van der Waals surface area (Å²) in [6.45, 7) is 3.92. The maximum atomic E-state index is 12.3. The summed E-state index contributed by atoms with van der Waals surface area (Å²) in [5.41, 5.74) is 3.75. The number of aryl methyl sites for hydroxylation is 2. The Bertz CT molecular complexity index is 1280. The van der Waals surface area contributed by atoms with Crippen molar-refractivity contribution >= 4 is 88.4 Å². The third-order valence-corrected chi connectivity index (χ3v) is 7.87. The molecule has 0 saturated heterocycles. The molecule has 0 fully saturated rings. The number of carbonyl (C=O) groups excluding carboxylic acids is 2. The van der Waals surface area contributed by atoms with Gasteiger partial charge in [0.2, 0.25) is 11.8 Å². The number of aromatic nitrogens is 2. The number of unbranched alkanes of at least 4 members (excludes halogenated alkanes) is 4. The van der Waals surface area contributed by atoms with Gasteiger partial charge < -0.3 is 10.6 Å². The predicted molar refractivity (Wildman–Crippen MR) is 148 cm³/mol. The first kappa shape index (κ1) is 25.8. The molecule has 0 atom stereocenters. The van der Waals surface area contributed by atoms with Crippen LogP contribution in [0.3, 0.4) is 0 Å². The lowest BCUT2D eigenvalue weighted by molar-refractivity contribution is -0.117. The summed E-state index contributed by atoms with van der Waals surface area (Å²) in [5.74, 6) is -0.0564. The Labute approximate surface area is 222 Å². The molecule has 0 unspecified atom stereocenters. The van der Waals surface area contributed by atoms with Gasteiger partial charge in [0.25, 0.3) is 0 Å². The molecule has 2 aromatic carbocycles. The molecule has 0 aliphatic rings. The van der Waals surface area contributed by atoms with Crippen molar-refractivity contribution in [2.45, 2.75) is 58.8 Å². The molecule has 0 spiro atoms. The fourth-order valence-corrected chi connectivity index (χ4v) is 6.55. The second-order valence-electron chi connectivity index (χ2n) is 8.54. The molecule has 4 rings (SSSR count). The number of amides is 2. The van der Waals surface area contributed by atoms with E-state index in [9.17, 15) is 9.59 Å². The molecule has 2 aromatic heterocycles. The van der Waals surface area contributed by atoms with Crippen LogP contribution < -0.4 is 10.6 Å². The van der Waals surface area contributed by atoms with Gasteiger partial charge in [-0.1, -0.05) is 65.1 Å². The zero-order chi connectivity index (χ0) is 24.9. The Morgan fingerprint density at radius 2 is 1.11 bits per heavy atom. The first-order chi connectivity index (χ1) is 16.8. The van der Waals surface area contributed by atoms with Gasteiger partial charge in [0.05, 0.1) is 20.4 Å². The number of fused-ring (bicyclic) bond motifs is 2. The fourth-order valence-electron chi connectivity index (χ4n) is 3.88. The normalized spacial score (nSPS) is 11.3. The highest BCUT2D eigenvalue weighted by Crippen LogP contribution is 2.32. The molecular formula is C25H26Cl2N4O2S2. The van der Waals surface area contributed by atoms with Crippen LogP contribution in [-0.2, 0) is 9.59 Å². The van der Waals surface area contributed by atoms with Gasteiger partial charge in [0.15, 0.2) is 10.3 Å². The zero-order valence-electron chi connectivity index (χ0n) is 19.5. The smallest absolute Gasteiger partial charge is 0.226 e. The molecule has 184 valence electrons. The van der Waals surface area contributed by atoms with Gasteiger partial charge in [-0.3, -0.25) is 9.59 Å². The topological polar surface area (TPSA) is 84.0 Å². The Morgan fingerprint density at radius 3 is 1.54 bits per heavy atom. The van der Waals surface area contributed by atoms with Gasteiger partial charge in [-0.25, -0.2) is 9.97 Å². The van der Waals surface area contributed by atoms with Crippen LogP contribution in [0, 0.1) is 13.8 Å². The van der Waals surface area contributed by atoms with Crippen molar-refractivity contribution in [3.05, 3.63) is 45.4 Å². The van der Waals surface area contributed by atoms with E-state index in [0.717, 1.165) is 63.7 Å². The maximum absolute atomic E-state index is 12.3. The Morgan fingerprint density at radius 1 is 0.714 bits per heavy atom. The lowest BCUT2D eigenvalue weighted by Gasteiger charge is -2.03. The Hall–Kier alpha value is -2.26. The van der Waals surface area contributed by atoms with Gasteiger partial charge in [-0.15, -0.1) is 0 Å². The molecule has 0 aliphatic heterocycles. The molecule has 2 N–H and O–H groups in total. The highest BCUT2D eigenvalue weighted by atomic mass is 35.5. The summed E-state index contributed by atoms with van der Waals surface area (Å²) in [6, 6.07) is 7.48. The van der Waals surface area contributed by atoms with Crippen LogP contribution in [0.25, 0.3) is 20.4 Å². The number of thiazole rings is 2. The van der Waals surface area contributed by atoms with Crippen molar-refractivity contribution in [2.75, 3.05) is 10.6 Å². The van der Waals surface area contributed by atoms with Crippen LogP contribution in [0.5, 0.6) is 0 Å². The van der Waals surface area contributed by atoms with Crippen LogP contribution in [0.15, 0.2) is 24.3 Å². The van der Waals surface area contributed by atoms with Crippen LogP contribution in [0.1, 0.15) is 56.1 Å². The molecule has 0 bridgehead atoms. The summed E-state index contributed by atoms with van der Waals surface area (Å²) in [6.07, 6.45) is 5.40. The summed E-state index contributed by atoms with van der Waals surface area (Å²) >= 11 is 15.1. The molecular weight excluding hydrogens is 523 g/mol. The molecule has 4 aromatic rings. The Balaban J connectivity index is 1.11. The number of hydrogen-bond acceptors (Lipinski definition) is 6. The second kappa shape index (κ2) is 11.6. The lowest BCUT2D eigenvalue weighted by Crippen LogP contribution is -2.11. The van der Waals surface area contributed by atoms with Crippen molar-refractivity contribution in [1.29, 1.82) is 0 Å². The van der Waals surface area contributed by atoms with Crippen LogP contribution in [0.4, 0.5) is 10.3 Å². The standard InChI is InChI=1S/C25H26Cl2N4O2S2/c1-14-10-16(26)12-18-22(14)30-24(34-18)28-20(32)8-6-4-3-5-7-9-21(33)29-25-31-23-15(2)11-17(27)13-19(23)35-25/h10-13H,3-9H2,1-2H3,(H,28,30,32)(H,29,31,33). The van der Waals surface area contributed by atoms with Crippen LogP contribution in [0.2, 0.25) is 10.0 Å². The monoisotopic (exact) mass is 548 g/mol. The molecule has 0 saturated carbocycles. The average Bonchev–Trinajstić information content (AvgIpc) is 3.36. The molecule has 0 aliphatic carbocycles. The quantitative estimate of drug-likeness (QED) is 0.196. The van der Waals surface area contributed by atoms with Crippen molar-refractivity contribution in [3.8, 4) is 0 Å². The summed E-state index contributed by atoms with van der Waals surface area (Å²) in [5, 5.41) is 8.34. The van der Waals surface area contributed by atoms with E-state index in [1.165, 1.54) is 22.7 Å². The second-order valence-corrected chi connectivity index (χ2v) is 11.5. The van der Waals surface area contributed by atoms with E-state index in [2.05, 4.69) is 20.6 Å². The van der Waals surface area contributed by atoms with E-state index >= 15 is 0 Å². The number of anilines is 2. The van der Waals surface area contributed by atoms with Gasteiger partial charge >= 0.3 is 0 Å². The summed E-state index contributed by atoms with van der Waals surface area (Å²) < 4.78 is 1.94. The van der Waals surface area contributed by atoms with E-state index in [1.54, 1.807) is 0 Å². The minimum Gasteiger partial charge on any atom is -0.302 e. The molecule has 0 radical (unpaired) electrons. The zero-order valence-corrected chi connectivity index (χ0v) is 22.7. The highest BCUT2D eigenvalue weighted by molar-refractivity contribution is 7.22. The van der Waals surface area contributed by atoms with E-state index < -0.39 is 0 Å². The van der Waals surface area contributed by atoms with Gasteiger partial charge in [0, 0.05) is 22.9 Å². The van der Waals surface area contributed by atoms with Crippen LogP contribution in [-0.4, -0.2) is 21.8 Å². The molecule has 2 amide bonds. The molecule has 2 heterocycles. The van der Waals surface area contributed by atoms with E-state index in [1.807, 2.05) is 38.1 Å². The summed E-state index contributed by atoms with van der Waals surface area (Å²) in [7, 11) is 0. The number of carbonyl (C=O) groups is 2. The maximum Gasteiger partial charge on any atom is 0.226 e. The first-order valence-corrected chi connectivity index (χ1v) is 13.9. The van der Waals surface area contributed by atoms with Crippen molar-refractivity contribution in [3.63, 3.8) is 0 Å². The predicted octanol–water partition coefficient (Wildman–Crippen LogP) is 8.14. The number of nitrogens with zero attached hydrogens (tertiary/aromatic N) is 2. The van der Waals surface area contributed by atoms with Gasteiger partial charge in [-0.2, -0.15) is 0 Å². The van der Waals surface area contributed by atoms with Crippen molar-refractivity contribution in [1.82, 2.24) is 9.97 Å². The number of halogens is 2. The third-order valence-electron chi connectivity index (χ3n) is 5.60. The number of benzene rings is 2. The fraction of sp³-hybridized carbons (Fsp3) is 0.360. The van der Waals surface area contributed by atoms with Gasteiger partial charge in [0.1, 0.15) is 0 Å². The third kappa shape index (κ3) is 6.91. The summed E-state index contributed by atoms with van der Waals surface area (Å²) in [4.78, 5) is 33.5. The highest BCUT2D eigenvalue weighted by Gasteiger charge is 2.12. The minimum atomic E-state index is -0.0282. The SMILES string of the molecule is Cc1cc(Cl)cc2sc(NC(=O)CCCCCCCC(=O)Nc3nc4c(C)cc(Cl)cc4s3)nc12. The van der Waals surface area contributed by atoms with Crippen molar-refractivity contribution < 1.29 is 9.59 Å². The van der Waals surface area contributed by atoms with E-state index in [4.69, 9.17) is 23.2 Å². The molecule has 10 heteroatoms. The number of hydrogen-bond donors (Lipinski definition) is 2.